The van der Waals surface area contributed by atoms with Gasteiger partial charge in [-0.3, -0.25) is 14.3 Å². The minimum atomic E-state index is -1.87. The number of rotatable bonds is 6. The Hall–Kier alpha value is -2.80. The lowest BCUT2D eigenvalue weighted by molar-refractivity contribution is 0.0270. The summed E-state index contributed by atoms with van der Waals surface area (Å²) in [6.45, 7) is 0.814. The van der Waals surface area contributed by atoms with E-state index in [1.54, 1.807) is 27.7 Å². The van der Waals surface area contributed by atoms with Crippen LogP contribution in [0.3, 0.4) is 0 Å². The Labute approximate surface area is 167 Å². The van der Waals surface area contributed by atoms with Crippen LogP contribution in [0.2, 0.25) is 0 Å². The molecule has 0 saturated carbocycles. The number of para-hydroxylation sites is 2. The number of aromatic amines is 1. The van der Waals surface area contributed by atoms with Crippen molar-refractivity contribution in [3.63, 3.8) is 0 Å². The zero-order valence-corrected chi connectivity index (χ0v) is 15.9. The normalized spacial score (nSPS) is 18.0. The number of nitrogens with zero attached hydrogens (tertiary/aromatic N) is 2. The topological polar surface area (TPSA) is 58.1 Å². The van der Waals surface area contributed by atoms with Crippen molar-refractivity contribution in [1.82, 2.24) is 14.5 Å². The summed E-state index contributed by atoms with van der Waals surface area (Å²) in [6, 6.07) is 15.6. The van der Waals surface area contributed by atoms with E-state index in [9.17, 15) is 18.4 Å². The molecule has 1 fully saturated rings. The number of piperidine rings is 1. The van der Waals surface area contributed by atoms with Gasteiger partial charge in [-0.15, -0.1) is 0 Å². The van der Waals surface area contributed by atoms with Gasteiger partial charge >= 0.3 is 5.69 Å². The predicted molar refractivity (Wildman–Crippen MR) is 108 cm³/mol. The molecule has 2 aromatic carbocycles. The van der Waals surface area contributed by atoms with E-state index in [1.807, 2.05) is 24.3 Å². The van der Waals surface area contributed by atoms with Gasteiger partial charge in [0.05, 0.1) is 11.0 Å². The lowest BCUT2D eigenvalue weighted by Gasteiger charge is -2.34. The second kappa shape index (κ2) is 8.29. The number of carbonyl (C=O) groups is 1. The number of ketones is 1. The molecule has 2 unspecified atom stereocenters. The number of H-pyrrole nitrogens is 1. The third kappa shape index (κ3) is 4.00. The minimum Gasteiger partial charge on any atom is -0.306 e. The summed E-state index contributed by atoms with van der Waals surface area (Å²) in [5.41, 5.74) is 1.70. The third-order valence-electron chi connectivity index (χ3n) is 5.63. The highest BCUT2D eigenvalue weighted by Crippen LogP contribution is 2.27. The standard InChI is InChI=1S/C22H23F2N3O2/c23-17(21(28)15-6-2-1-3-7-15)14-20(24)26-12-10-16(11-13-26)27-19-9-5-4-8-18(19)25-22(27)29/h1-9,16-17,20H,10-14H2,(H,25,29). The molecule has 1 saturated heterocycles. The Morgan fingerprint density at radius 1 is 1.03 bits per heavy atom. The summed E-state index contributed by atoms with van der Waals surface area (Å²) in [7, 11) is 0. The first-order valence-electron chi connectivity index (χ1n) is 9.85. The molecule has 1 N–H and O–H groups in total. The second-order valence-corrected chi connectivity index (χ2v) is 7.45. The number of likely N-dealkylation sites (tertiary alicyclic amines) is 1. The molecular formula is C22H23F2N3O2. The molecule has 0 radical (unpaired) electrons. The molecule has 1 aliphatic heterocycles. The maximum Gasteiger partial charge on any atom is 0.326 e. The fourth-order valence-corrected chi connectivity index (χ4v) is 4.07. The first-order chi connectivity index (χ1) is 14.0. The average molecular weight is 399 g/mol. The van der Waals surface area contributed by atoms with Crippen LogP contribution >= 0.6 is 0 Å². The molecule has 5 nitrogen and oxygen atoms in total. The number of hydrogen-bond donors (Lipinski definition) is 1. The van der Waals surface area contributed by atoms with Gasteiger partial charge < -0.3 is 4.98 Å². The highest BCUT2D eigenvalue weighted by atomic mass is 19.1. The van der Waals surface area contributed by atoms with E-state index in [2.05, 4.69) is 4.98 Å². The van der Waals surface area contributed by atoms with Crippen molar-refractivity contribution in [3.8, 4) is 0 Å². The summed E-state index contributed by atoms with van der Waals surface area (Å²) in [5, 5.41) is 0. The van der Waals surface area contributed by atoms with Crippen LogP contribution in [0.4, 0.5) is 8.78 Å². The average Bonchev–Trinajstić information content (AvgIpc) is 3.09. The van der Waals surface area contributed by atoms with Crippen LogP contribution in [0.1, 0.15) is 35.7 Å². The molecule has 2 atom stereocenters. The van der Waals surface area contributed by atoms with Gasteiger partial charge in [0, 0.05) is 31.1 Å². The van der Waals surface area contributed by atoms with Gasteiger partial charge in [-0.1, -0.05) is 42.5 Å². The molecule has 1 aromatic heterocycles. The van der Waals surface area contributed by atoms with E-state index >= 15 is 0 Å². The monoisotopic (exact) mass is 399 g/mol. The largest absolute Gasteiger partial charge is 0.326 e. The maximum atomic E-state index is 14.7. The summed E-state index contributed by atoms with van der Waals surface area (Å²) < 4.78 is 30.8. The Morgan fingerprint density at radius 3 is 2.41 bits per heavy atom. The number of alkyl halides is 2. The molecule has 7 heteroatoms. The Morgan fingerprint density at radius 2 is 1.69 bits per heavy atom. The summed E-state index contributed by atoms with van der Waals surface area (Å²) >= 11 is 0. The van der Waals surface area contributed by atoms with Gasteiger partial charge in [0.25, 0.3) is 0 Å². The number of Topliss-reactive ketones (excluding diaryl/α,β-unsaturated/α-hetero) is 1. The summed E-state index contributed by atoms with van der Waals surface area (Å²) in [4.78, 5) is 28.9. The number of hydrogen-bond acceptors (Lipinski definition) is 3. The van der Waals surface area contributed by atoms with Crippen molar-refractivity contribution < 1.29 is 13.6 Å². The number of imidazole rings is 1. The van der Waals surface area contributed by atoms with E-state index in [1.165, 1.54) is 12.1 Å². The Bertz CT molecular complexity index is 1040. The number of nitrogens with one attached hydrogen (secondary N) is 1. The van der Waals surface area contributed by atoms with Crippen molar-refractivity contribution in [2.45, 2.75) is 37.8 Å². The molecule has 29 heavy (non-hydrogen) atoms. The molecule has 0 bridgehead atoms. The van der Waals surface area contributed by atoms with Crippen molar-refractivity contribution >= 4 is 16.8 Å². The first kappa shape index (κ1) is 19.5. The van der Waals surface area contributed by atoms with E-state index in [0.29, 0.717) is 25.9 Å². The zero-order chi connectivity index (χ0) is 20.4. The number of benzene rings is 2. The SMILES string of the molecule is O=C(c1ccccc1)C(F)CC(F)N1CCC(n2c(=O)[nH]c3ccccc32)CC1. The Kier molecular flexibility index (Phi) is 5.58. The number of carbonyl (C=O) groups excluding carboxylic acids is 1. The fourth-order valence-electron chi connectivity index (χ4n) is 4.07. The van der Waals surface area contributed by atoms with Crippen LogP contribution in [0.15, 0.2) is 59.4 Å². The van der Waals surface area contributed by atoms with Crippen LogP contribution in [0.5, 0.6) is 0 Å². The predicted octanol–water partition coefficient (Wildman–Crippen LogP) is 3.87. The molecule has 4 rings (SSSR count). The van der Waals surface area contributed by atoms with Crippen LogP contribution in [0, 0.1) is 0 Å². The highest BCUT2D eigenvalue weighted by molar-refractivity contribution is 5.99. The van der Waals surface area contributed by atoms with E-state index in [4.69, 9.17) is 0 Å². The molecule has 152 valence electrons. The highest BCUT2D eigenvalue weighted by Gasteiger charge is 2.31. The van der Waals surface area contributed by atoms with Gasteiger partial charge in [0.2, 0.25) is 0 Å². The molecule has 0 aliphatic carbocycles. The number of halogens is 2. The smallest absolute Gasteiger partial charge is 0.306 e. The Balaban J connectivity index is 1.37. The van der Waals surface area contributed by atoms with Crippen molar-refractivity contribution in [3.05, 3.63) is 70.6 Å². The van der Waals surface area contributed by atoms with E-state index in [-0.39, 0.29) is 17.3 Å². The first-order valence-corrected chi connectivity index (χ1v) is 9.85. The lowest BCUT2D eigenvalue weighted by Crippen LogP contribution is -2.42. The molecule has 0 spiro atoms. The van der Waals surface area contributed by atoms with Gasteiger partial charge in [-0.2, -0.15) is 0 Å². The van der Waals surface area contributed by atoms with Gasteiger partial charge in [-0.25, -0.2) is 13.6 Å². The number of fused-ring (bicyclic) bond motifs is 1. The van der Waals surface area contributed by atoms with Crippen molar-refractivity contribution in [2.75, 3.05) is 13.1 Å². The summed E-state index contributed by atoms with van der Waals surface area (Å²) in [6.07, 6.45) is -2.71. The van der Waals surface area contributed by atoms with Crippen LogP contribution in [-0.4, -0.2) is 45.8 Å². The summed E-state index contributed by atoms with van der Waals surface area (Å²) in [5.74, 6) is -0.687. The zero-order valence-electron chi connectivity index (χ0n) is 15.9. The van der Waals surface area contributed by atoms with Crippen LogP contribution < -0.4 is 5.69 Å². The van der Waals surface area contributed by atoms with Crippen LogP contribution in [0.25, 0.3) is 11.0 Å². The molecular weight excluding hydrogens is 376 g/mol. The molecule has 1 aliphatic rings. The van der Waals surface area contributed by atoms with Crippen LogP contribution in [-0.2, 0) is 0 Å². The van der Waals surface area contributed by atoms with Crippen molar-refractivity contribution in [1.29, 1.82) is 0 Å². The third-order valence-corrected chi connectivity index (χ3v) is 5.63. The minimum absolute atomic E-state index is 0.0331. The number of aromatic nitrogens is 2. The van der Waals surface area contributed by atoms with Gasteiger partial charge in [0.1, 0.15) is 0 Å². The second-order valence-electron chi connectivity index (χ2n) is 7.45. The van der Waals surface area contributed by atoms with E-state index in [0.717, 1.165) is 11.0 Å². The molecule has 3 aromatic rings. The van der Waals surface area contributed by atoms with Gasteiger partial charge in [0.15, 0.2) is 18.3 Å². The molecule has 0 amide bonds. The quantitative estimate of drug-likeness (QED) is 0.506. The van der Waals surface area contributed by atoms with Crippen molar-refractivity contribution in [2.24, 2.45) is 0 Å². The van der Waals surface area contributed by atoms with Gasteiger partial charge in [-0.05, 0) is 25.0 Å². The fraction of sp³-hybridized carbons (Fsp3) is 0.364. The maximum absolute atomic E-state index is 14.7. The lowest BCUT2D eigenvalue weighted by atomic mass is 10.0. The van der Waals surface area contributed by atoms with E-state index < -0.39 is 24.7 Å². The molecule has 2 heterocycles.